The molecule has 2 atom stereocenters. The van der Waals surface area contributed by atoms with Gasteiger partial charge in [0.15, 0.2) is 0 Å². The third-order valence-corrected chi connectivity index (χ3v) is 3.23. The van der Waals surface area contributed by atoms with Crippen molar-refractivity contribution in [3.8, 4) is 6.07 Å². The van der Waals surface area contributed by atoms with Crippen molar-refractivity contribution in [3.05, 3.63) is 28.8 Å². The van der Waals surface area contributed by atoms with Crippen molar-refractivity contribution in [1.82, 2.24) is 0 Å². The summed E-state index contributed by atoms with van der Waals surface area (Å²) in [5.41, 5.74) is 6.74. The Kier molecular flexibility index (Phi) is 5.14. The number of hydrogen-bond donors (Lipinski definition) is 2. The Balaban J connectivity index is 2.80. The van der Waals surface area contributed by atoms with E-state index in [9.17, 15) is 4.79 Å². The summed E-state index contributed by atoms with van der Waals surface area (Å²) in [6.07, 6.45) is 0.829. The van der Waals surface area contributed by atoms with Gasteiger partial charge in [0, 0.05) is 0 Å². The summed E-state index contributed by atoms with van der Waals surface area (Å²) in [5, 5.41) is 11.7. The van der Waals surface area contributed by atoms with Crippen molar-refractivity contribution in [2.75, 3.05) is 5.32 Å². The van der Waals surface area contributed by atoms with Crippen LogP contribution in [0.15, 0.2) is 18.2 Å². The van der Waals surface area contributed by atoms with Crippen LogP contribution in [0.5, 0.6) is 0 Å². The van der Waals surface area contributed by atoms with Gasteiger partial charge in [-0.3, -0.25) is 4.79 Å². The highest BCUT2D eigenvalue weighted by Gasteiger charge is 2.20. The fraction of sp³-hybridized carbons (Fsp3) is 0.385. The van der Waals surface area contributed by atoms with E-state index in [4.69, 9.17) is 22.6 Å². The molecule has 0 bridgehead atoms. The molecule has 0 aromatic heterocycles. The van der Waals surface area contributed by atoms with E-state index in [1.54, 1.807) is 12.1 Å². The third-order valence-electron chi connectivity index (χ3n) is 2.92. The molecule has 1 amide bonds. The number of hydrogen-bond acceptors (Lipinski definition) is 3. The van der Waals surface area contributed by atoms with Crippen molar-refractivity contribution >= 4 is 23.2 Å². The van der Waals surface area contributed by atoms with Crippen LogP contribution in [0.1, 0.15) is 25.8 Å². The van der Waals surface area contributed by atoms with Gasteiger partial charge in [0.25, 0.3) is 0 Å². The summed E-state index contributed by atoms with van der Waals surface area (Å²) in [7, 11) is 0. The van der Waals surface area contributed by atoms with Gasteiger partial charge >= 0.3 is 0 Å². The van der Waals surface area contributed by atoms with Crippen LogP contribution in [0, 0.1) is 17.2 Å². The molecule has 0 aliphatic rings. The summed E-state index contributed by atoms with van der Waals surface area (Å²) in [6, 6.07) is 6.11. The number of nitrogens with zero attached hydrogens (tertiary/aromatic N) is 1. The van der Waals surface area contributed by atoms with E-state index in [1.807, 2.05) is 19.9 Å². The van der Waals surface area contributed by atoms with Crippen LogP contribution in [-0.2, 0) is 4.79 Å². The van der Waals surface area contributed by atoms with E-state index in [0.717, 1.165) is 6.42 Å². The lowest BCUT2D eigenvalue weighted by Crippen LogP contribution is -2.40. The number of benzene rings is 1. The highest BCUT2D eigenvalue weighted by Crippen LogP contribution is 2.23. The van der Waals surface area contributed by atoms with Gasteiger partial charge < -0.3 is 11.1 Å². The Morgan fingerprint density at radius 1 is 1.61 bits per heavy atom. The molecule has 0 fully saturated rings. The number of nitrogens with one attached hydrogen (secondary N) is 1. The fourth-order valence-corrected chi connectivity index (χ4v) is 1.64. The zero-order valence-electron chi connectivity index (χ0n) is 10.4. The molecule has 0 heterocycles. The Morgan fingerprint density at radius 3 is 2.78 bits per heavy atom. The lowest BCUT2D eigenvalue weighted by atomic mass is 9.99. The van der Waals surface area contributed by atoms with E-state index >= 15 is 0 Å². The lowest BCUT2D eigenvalue weighted by molar-refractivity contribution is -0.118. The van der Waals surface area contributed by atoms with Gasteiger partial charge in [0.05, 0.1) is 28.4 Å². The number of carbonyl (C=O) groups is 1. The molecule has 0 spiro atoms. The minimum Gasteiger partial charge on any atom is -0.323 e. The molecule has 96 valence electrons. The topological polar surface area (TPSA) is 78.9 Å². The van der Waals surface area contributed by atoms with Crippen LogP contribution in [0.4, 0.5) is 5.69 Å². The molecule has 5 heteroatoms. The Morgan fingerprint density at radius 2 is 2.28 bits per heavy atom. The molecule has 4 nitrogen and oxygen atoms in total. The molecule has 0 radical (unpaired) electrons. The molecule has 0 unspecified atom stereocenters. The average Bonchev–Trinajstić information content (AvgIpc) is 2.38. The number of amides is 1. The first-order chi connectivity index (χ1) is 8.49. The minimum atomic E-state index is -0.568. The fourth-order valence-electron chi connectivity index (χ4n) is 1.41. The minimum absolute atomic E-state index is 0.0992. The zero-order valence-corrected chi connectivity index (χ0v) is 11.2. The molecule has 1 aromatic carbocycles. The van der Waals surface area contributed by atoms with Crippen LogP contribution < -0.4 is 11.1 Å². The molecular weight excluding hydrogens is 250 g/mol. The number of rotatable bonds is 4. The summed E-state index contributed by atoms with van der Waals surface area (Å²) in [5.74, 6) is -0.168. The second-order valence-corrected chi connectivity index (χ2v) is 4.61. The number of carbonyl (C=O) groups excluding carboxylic acids is 1. The average molecular weight is 266 g/mol. The zero-order chi connectivity index (χ0) is 13.7. The van der Waals surface area contributed by atoms with Crippen LogP contribution in [0.3, 0.4) is 0 Å². The first-order valence-corrected chi connectivity index (χ1v) is 6.13. The molecule has 0 saturated carbocycles. The van der Waals surface area contributed by atoms with E-state index in [2.05, 4.69) is 5.32 Å². The number of anilines is 1. The van der Waals surface area contributed by atoms with Crippen LogP contribution in [0.25, 0.3) is 0 Å². The van der Waals surface area contributed by atoms with Gasteiger partial charge in [-0.05, 0) is 24.1 Å². The first-order valence-electron chi connectivity index (χ1n) is 5.75. The van der Waals surface area contributed by atoms with Crippen molar-refractivity contribution in [2.24, 2.45) is 11.7 Å². The van der Waals surface area contributed by atoms with E-state index in [1.165, 1.54) is 6.07 Å². The third kappa shape index (κ3) is 3.46. The lowest BCUT2D eigenvalue weighted by Gasteiger charge is -2.18. The van der Waals surface area contributed by atoms with Gasteiger partial charge in [-0.1, -0.05) is 31.9 Å². The van der Waals surface area contributed by atoms with Crippen LogP contribution in [-0.4, -0.2) is 11.9 Å². The maximum absolute atomic E-state index is 11.9. The van der Waals surface area contributed by atoms with Crippen LogP contribution in [0.2, 0.25) is 5.02 Å². The highest BCUT2D eigenvalue weighted by atomic mass is 35.5. The smallest absolute Gasteiger partial charge is 0.241 e. The summed E-state index contributed by atoms with van der Waals surface area (Å²) in [4.78, 5) is 11.9. The number of nitrogens with two attached hydrogens (primary N) is 1. The van der Waals surface area contributed by atoms with Gasteiger partial charge in [0.1, 0.15) is 0 Å². The predicted molar refractivity (Wildman–Crippen MR) is 72.2 cm³/mol. The van der Waals surface area contributed by atoms with Gasteiger partial charge in [0.2, 0.25) is 5.91 Å². The molecular formula is C13H16ClN3O. The molecule has 1 rings (SSSR count). The second-order valence-electron chi connectivity index (χ2n) is 4.21. The second kappa shape index (κ2) is 6.39. The van der Waals surface area contributed by atoms with Gasteiger partial charge in [-0.15, -0.1) is 0 Å². The summed E-state index contributed by atoms with van der Waals surface area (Å²) < 4.78 is 0. The highest BCUT2D eigenvalue weighted by molar-refractivity contribution is 6.33. The monoisotopic (exact) mass is 265 g/mol. The molecule has 0 aliphatic heterocycles. The summed E-state index contributed by atoms with van der Waals surface area (Å²) in [6.45, 7) is 3.90. The van der Waals surface area contributed by atoms with Crippen molar-refractivity contribution < 1.29 is 4.79 Å². The summed E-state index contributed by atoms with van der Waals surface area (Å²) >= 11 is 5.96. The molecule has 0 saturated heterocycles. The van der Waals surface area contributed by atoms with E-state index in [-0.39, 0.29) is 11.8 Å². The van der Waals surface area contributed by atoms with Gasteiger partial charge in [-0.25, -0.2) is 0 Å². The van der Waals surface area contributed by atoms with E-state index in [0.29, 0.717) is 16.3 Å². The normalized spacial score (nSPS) is 13.5. The standard InChI is InChI=1S/C13H16ClN3O/c1-3-8(2)12(16)13(18)17-11-5-4-9(7-15)6-10(11)14/h4-6,8,12H,3,16H2,1-2H3,(H,17,18)/t8-,12-/m0/s1. The Hall–Kier alpha value is -1.57. The number of halogens is 1. The SMILES string of the molecule is CC[C@H](C)[C@H](N)C(=O)Nc1ccc(C#N)cc1Cl. The van der Waals surface area contributed by atoms with Crippen molar-refractivity contribution in [2.45, 2.75) is 26.3 Å². The van der Waals surface area contributed by atoms with Crippen molar-refractivity contribution in [3.63, 3.8) is 0 Å². The largest absolute Gasteiger partial charge is 0.323 e. The molecule has 18 heavy (non-hydrogen) atoms. The maximum Gasteiger partial charge on any atom is 0.241 e. The molecule has 1 aromatic rings. The quantitative estimate of drug-likeness (QED) is 0.878. The van der Waals surface area contributed by atoms with Crippen LogP contribution >= 0.6 is 11.6 Å². The van der Waals surface area contributed by atoms with E-state index < -0.39 is 6.04 Å². The predicted octanol–water partition coefficient (Wildman–Crippen LogP) is 2.52. The molecule has 3 N–H and O–H groups in total. The Labute approximate surface area is 112 Å². The van der Waals surface area contributed by atoms with Crippen molar-refractivity contribution in [1.29, 1.82) is 5.26 Å². The number of nitriles is 1. The first kappa shape index (κ1) is 14.5. The Bertz CT molecular complexity index is 482. The molecule has 0 aliphatic carbocycles. The maximum atomic E-state index is 11.9. The van der Waals surface area contributed by atoms with Gasteiger partial charge in [-0.2, -0.15) is 5.26 Å².